The van der Waals surface area contributed by atoms with Gasteiger partial charge in [-0.2, -0.15) is 0 Å². The zero-order valence-corrected chi connectivity index (χ0v) is 11.9. The van der Waals surface area contributed by atoms with Gasteiger partial charge < -0.3 is 24.6 Å². The van der Waals surface area contributed by atoms with Gasteiger partial charge in [0.2, 0.25) is 12.7 Å². The van der Waals surface area contributed by atoms with Crippen LogP contribution in [0.2, 0.25) is 0 Å². The molecule has 0 bridgehead atoms. The predicted molar refractivity (Wildman–Crippen MR) is 76.9 cm³/mol. The SMILES string of the molecule is C=CCOCC(NC(=O)Cc1ccc2c(c1)OCO2)C(=O)O. The smallest absolute Gasteiger partial charge is 0.328 e. The van der Waals surface area contributed by atoms with Gasteiger partial charge in [-0.3, -0.25) is 4.79 Å². The van der Waals surface area contributed by atoms with Crippen molar-refractivity contribution in [1.82, 2.24) is 5.32 Å². The summed E-state index contributed by atoms with van der Waals surface area (Å²) in [6.07, 6.45) is 1.55. The number of hydrogen-bond acceptors (Lipinski definition) is 5. The van der Waals surface area contributed by atoms with Gasteiger partial charge in [-0.05, 0) is 17.7 Å². The number of carboxylic acid groups (broad SMARTS) is 1. The third-order valence-electron chi connectivity index (χ3n) is 2.96. The number of hydrogen-bond donors (Lipinski definition) is 2. The van der Waals surface area contributed by atoms with Crippen molar-refractivity contribution in [2.24, 2.45) is 0 Å². The van der Waals surface area contributed by atoms with E-state index in [2.05, 4.69) is 11.9 Å². The molecule has 2 N–H and O–H groups in total. The average molecular weight is 307 g/mol. The van der Waals surface area contributed by atoms with Crippen LogP contribution in [0.3, 0.4) is 0 Å². The van der Waals surface area contributed by atoms with Crippen molar-refractivity contribution in [3.05, 3.63) is 36.4 Å². The van der Waals surface area contributed by atoms with E-state index in [1.54, 1.807) is 18.2 Å². The number of fused-ring (bicyclic) bond motifs is 1. The van der Waals surface area contributed by atoms with Crippen molar-refractivity contribution < 1.29 is 28.9 Å². The Morgan fingerprint density at radius 1 is 1.41 bits per heavy atom. The lowest BCUT2D eigenvalue weighted by molar-refractivity contribution is -0.143. The first-order chi connectivity index (χ1) is 10.6. The Hall–Kier alpha value is -2.54. The number of rotatable bonds is 8. The topological polar surface area (TPSA) is 94.1 Å². The molecule has 22 heavy (non-hydrogen) atoms. The molecule has 1 unspecified atom stereocenters. The standard InChI is InChI=1S/C15H17NO6/c1-2-5-20-8-11(15(18)19)16-14(17)7-10-3-4-12-13(6-10)22-9-21-12/h2-4,6,11H,1,5,7-9H2,(H,16,17)(H,18,19). The third-order valence-corrected chi connectivity index (χ3v) is 2.96. The maximum absolute atomic E-state index is 11.9. The monoisotopic (exact) mass is 307 g/mol. The molecule has 118 valence electrons. The second-order valence-corrected chi connectivity index (χ2v) is 4.65. The van der Waals surface area contributed by atoms with Crippen LogP contribution < -0.4 is 14.8 Å². The number of aliphatic carboxylic acids is 1. The fourth-order valence-electron chi connectivity index (χ4n) is 1.93. The van der Waals surface area contributed by atoms with Gasteiger partial charge in [0.15, 0.2) is 17.5 Å². The molecule has 0 saturated heterocycles. The maximum Gasteiger partial charge on any atom is 0.328 e. The summed E-state index contributed by atoms with van der Waals surface area (Å²) in [5, 5.41) is 11.5. The number of carbonyl (C=O) groups is 2. The molecule has 2 rings (SSSR count). The van der Waals surface area contributed by atoms with E-state index in [4.69, 9.17) is 19.3 Å². The molecule has 1 atom stereocenters. The summed E-state index contributed by atoms with van der Waals surface area (Å²) in [6, 6.07) is 4.05. The third kappa shape index (κ3) is 4.23. The maximum atomic E-state index is 11.9. The molecule has 1 amide bonds. The number of carbonyl (C=O) groups excluding carboxylic acids is 1. The minimum atomic E-state index is -1.15. The van der Waals surface area contributed by atoms with Gasteiger partial charge in [0.05, 0.1) is 19.6 Å². The average Bonchev–Trinajstić information content (AvgIpc) is 2.93. The van der Waals surface area contributed by atoms with E-state index in [1.165, 1.54) is 6.08 Å². The van der Waals surface area contributed by atoms with Gasteiger partial charge in [-0.1, -0.05) is 12.1 Å². The van der Waals surface area contributed by atoms with Crippen molar-refractivity contribution in [1.29, 1.82) is 0 Å². The van der Waals surface area contributed by atoms with E-state index in [1.807, 2.05) is 0 Å². The molecule has 1 aromatic rings. The van der Waals surface area contributed by atoms with Gasteiger partial charge in [-0.25, -0.2) is 4.79 Å². The van der Waals surface area contributed by atoms with Gasteiger partial charge in [0, 0.05) is 0 Å². The number of benzene rings is 1. The second-order valence-electron chi connectivity index (χ2n) is 4.65. The number of ether oxygens (including phenoxy) is 3. The van der Waals surface area contributed by atoms with E-state index >= 15 is 0 Å². The Morgan fingerprint density at radius 3 is 2.91 bits per heavy atom. The van der Waals surface area contributed by atoms with Crippen molar-refractivity contribution in [3.63, 3.8) is 0 Å². The van der Waals surface area contributed by atoms with Crippen LogP contribution in [0.4, 0.5) is 0 Å². The predicted octanol–water partition coefficient (Wildman–Crippen LogP) is 0.730. The first-order valence-electron chi connectivity index (χ1n) is 6.69. The lowest BCUT2D eigenvalue weighted by atomic mass is 10.1. The Kier molecular flexibility index (Phi) is 5.37. The molecule has 0 fully saturated rings. The van der Waals surface area contributed by atoms with Gasteiger partial charge in [-0.15, -0.1) is 6.58 Å². The van der Waals surface area contributed by atoms with E-state index in [-0.39, 0.29) is 26.4 Å². The highest BCUT2D eigenvalue weighted by molar-refractivity contribution is 5.85. The zero-order valence-electron chi connectivity index (χ0n) is 11.9. The van der Waals surface area contributed by atoms with E-state index < -0.39 is 17.9 Å². The van der Waals surface area contributed by atoms with Crippen LogP contribution >= 0.6 is 0 Å². The minimum absolute atomic E-state index is 0.0435. The lowest BCUT2D eigenvalue weighted by Gasteiger charge is -2.14. The molecule has 0 spiro atoms. The molecule has 0 saturated carbocycles. The summed E-state index contributed by atoms with van der Waals surface area (Å²) in [5.74, 6) is -0.351. The largest absolute Gasteiger partial charge is 0.480 e. The van der Waals surface area contributed by atoms with Crippen molar-refractivity contribution in [2.75, 3.05) is 20.0 Å². The molecule has 0 radical (unpaired) electrons. The van der Waals surface area contributed by atoms with Crippen molar-refractivity contribution in [2.45, 2.75) is 12.5 Å². The van der Waals surface area contributed by atoms with Gasteiger partial charge in [0.1, 0.15) is 0 Å². The van der Waals surface area contributed by atoms with E-state index in [0.717, 1.165) is 0 Å². The van der Waals surface area contributed by atoms with Crippen LogP contribution in [0.15, 0.2) is 30.9 Å². The fourth-order valence-corrected chi connectivity index (χ4v) is 1.93. The molecule has 7 nitrogen and oxygen atoms in total. The fraction of sp³-hybridized carbons (Fsp3) is 0.333. The molecule has 1 heterocycles. The molecular weight excluding hydrogens is 290 g/mol. The molecule has 0 aliphatic carbocycles. The van der Waals surface area contributed by atoms with Crippen LogP contribution in [-0.4, -0.2) is 43.0 Å². The normalized spacial score (nSPS) is 13.5. The number of nitrogens with one attached hydrogen (secondary N) is 1. The van der Waals surface area contributed by atoms with Crippen molar-refractivity contribution >= 4 is 11.9 Å². The summed E-state index contributed by atoms with van der Waals surface area (Å²) in [4.78, 5) is 23.0. The molecule has 0 aromatic heterocycles. The highest BCUT2D eigenvalue weighted by Crippen LogP contribution is 2.32. The van der Waals surface area contributed by atoms with Crippen molar-refractivity contribution in [3.8, 4) is 11.5 Å². The van der Waals surface area contributed by atoms with Crippen LogP contribution in [0.25, 0.3) is 0 Å². The summed E-state index contributed by atoms with van der Waals surface area (Å²) in [7, 11) is 0. The zero-order chi connectivity index (χ0) is 15.9. The molecular formula is C15H17NO6. The van der Waals surface area contributed by atoms with Crippen LogP contribution in [0.5, 0.6) is 11.5 Å². The lowest BCUT2D eigenvalue weighted by Crippen LogP contribution is -2.44. The number of amides is 1. The highest BCUT2D eigenvalue weighted by atomic mass is 16.7. The Labute approximate surface area is 127 Å². The highest BCUT2D eigenvalue weighted by Gasteiger charge is 2.21. The Morgan fingerprint density at radius 2 is 2.18 bits per heavy atom. The van der Waals surface area contributed by atoms with Crippen LogP contribution in [0, 0.1) is 0 Å². The first-order valence-corrected chi connectivity index (χ1v) is 6.69. The molecule has 1 aliphatic rings. The van der Waals surface area contributed by atoms with Gasteiger partial charge in [0.25, 0.3) is 0 Å². The quantitative estimate of drug-likeness (QED) is 0.543. The summed E-state index contributed by atoms with van der Waals surface area (Å²) < 4.78 is 15.5. The first kappa shape index (κ1) is 15.8. The summed E-state index contributed by atoms with van der Waals surface area (Å²) in [5.41, 5.74) is 0.706. The van der Waals surface area contributed by atoms with E-state index in [0.29, 0.717) is 17.1 Å². The summed E-state index contributed by atoms with van der Waals surface area (Å²) >= 11 is 0. The molecule has 1 aromatic carbocycles. The van der Waals surface area contributed by atoms with Crippen LogP contribution in [-0.2, 0) is 20.7 Å². The minimum Gasteiger partial charge on any atom is -0.480 e. The Bertz CT molecular complexity index is 571. The second kappa shape index (κ2) is 7.46. The molecule has 7 heteroatoms. The van der Waals surface area contributed by atoms with Gasteiger partial charge >= 0.3 is 5.97 Å². The van der Waals surface area contributed by atoms with E-state index in [9.17, 15) is 9.59 Å². The van der Waals surface area contributed by atoms with Crippen LogP contribution in [0.1, 0.15) is 5.56 Å². The Balaban J connectivity index is 1.90. The molecule has 1 aliphatic heterocycles. The summed E-state index contributed by atoms with van der Waals surface area (Å²) in [6.45, 7) is 3.73. The number of carboxylic acids is 1.